The van der Waals surface area contributed by atoms with E-state index >= 15 is 0 Å². The van der Waals surface area contributed by atoms with Crippen molar-refractivity contribution in [3.8, 4) is 0 Å². The number of hydrogen-bond acceptors (Lipinski definition) is 3. The van der Waals surface area contributed by atoms with Crippen molar-refractivity contribution in [2.75, 3.05) is 18.5 Å². The third-order valence-electron chi connectivity index (χ3n) is 3.47. The maximum Gasteiger partial charge on any atom is 0.231 e. The molecule has 1 aromatic carbocycles. The SMILES string of the molecule is CCC(=O)NCCC(=O)c1ccc2c(c1)CC(=O)N2C. The van der Waals surface area contributed by atoms with Crippen molar-refractivity contribution in [3.05, 3.63) is 29.3 Å². The van der Waals surface area contributed by atoms with Crippen LogP contribution >= 0.6 is 0 Å². The molecule has 1 heterocycles. The van der Waals surface area contributed by atoms with Gasteiger partial charge in [0.25, 0.3) is 0 Å². The number of nitrogens with one attached hydrogen (secondary N) is 1. The molecule has 0 saturated carbocycles. The van der Waals surface area contributed by atoms with Crippen molar-refractivity contribution in [1.82, 2.24) is 5.32 Å². The Labute approximate surface area is 118 Å². The number of ketones is 1. The molecule has 2 amide bonds. The molecule has 2 rings (SSSR count). The number of amides is 2. The fourth-order valence-corrected chi connectivity index (χ4v) is 2.23. The number of nitrogens with zero attached hydrogens (tertiary/aromatic N) is 1. The highest BCUT2D eigenvalue weighted by Crippen LogP contribution is 2.28. The van der Waals surface area contributed by atoms with Crippen molar-refractivity contribution in [3.63, 3.8) is 0 Å². The van der Waals surface area contributed by atoms with E-state index < -0.39 is 0 Å². The van der Waals surface area contributed by atoms with Crippen molar-refractivity contribution >= 4 is 23.3 Å². The van der Waals surface area contributed by atoms with Crippen molar-refractivity contribution in [1.29, 1.82) is 0 Å². The van der Waals surface area contributed by atoms with Gasteiger partial charge in [0.1, 0.15) is 0 Å². The Morgan fingerprint density at radius 1 is 1.35 bits per heavy atom. The first-order valence-electron chi connectivity index (χ1n) is 6.72. The maximum atomic E-state index is 12.0. The van der Waals surface area contributed by atoms with E-state index in [1.807, 2.05) is 0 Å². The van der Waals surface area contributed by atoms with E-state index in [9.17, 15) is 14.4 Å². The molecule has 0 aliphatic carbocycles. The molecular formula is C15H18N2O3. The van der Waals surface area contributed by atoms with Gasteiger partial charge < -0.3 is 10.2 Å². The van der Waals surface area contributed by atoms with Gasteiger partial charge in [0.05, 0.1) is 6.42 Å². The highest BCUT2D eigenvalue weighted by atomic mass is 16.2. The molecule has 0 spiro atoms. The van der Waals surface area contributed by atoms with Gasteiger partial charge in [-0.25, -0.2) is 0 Å². The van der Waals surface area contributed by atoms with Crippen LogP contribution in [0.1, 0.15) is 35.7 Å². The van der Waals surface area contributed by atoms with E-state index in [4.69, 9.17) is 0 Å². The van der Waals surface area contributed by atoms with Gasteiger partial charge in [-0.1, -0.05) is 6.92 Å². The quantitative estimate of drug-likeness (QED) is 0.823. The Balaban J connectivity index is 2.00. The summed E-state index contributed by atoms with van der Waals surface area (Å²) in [6, 6.07) is 5.32. The molecule has 0 bridgehead atoms. The number of benzene rings is 1. The van der Waals surface area contributed by atoms with Gasteiger partial charge >= 0.3 is 0 Å². The van der Waals surface area contributed by atoms with Crippen LogP contribution in [0.15, 0.2) is 18.2 Å². The fourth-order valence-electron chi connectivity index (χ4n) is 2.23. The van der Waals surface area contributed by atoms with Gasteiger partial charge in [0, 0.05) is 37.7 Å². The lowest BCUT2D eigenvalue weighted by molar-refractivity contribution is -0.120. The Bertz CT molecular complexity index is 566. The lowest BCUT2D eigenvalue weighted by atomic mass is 10.0. The van der Waals surface area contributed by atoms with Crippen molar-refractivity contribution in [2.45, 2.75) is 26.2 Å². The maximum absolute atomic E-state index is 12.0. The zero-order valence-electron chi connectivity index (χ0n) is 11.7. The van der Waals surface area contributed by atoms with Gasteiger partial charge in [-0.15, -0.1) is 0 Å². The topological polar surface area (TPSA) is 66.5 Å². The standard InChI is InChI=1S/C15H18N2O3/c1-3-14(19)16-7-6-13(18)10-4-5-12-11(8-10)9-15(20)17(12)2/h4-5,8H,3,6-7,9H2,1-2H3,(H,16,19). The van der Waals surface area contributed by atoms with E-state index in [0.717, 1.165) is 11.3 Å². The monoisotopic (exact) mass is 274 g/mol. The lowest BCUT2D eigenvalue weighted by Crippen LogP contribution is -2.25. The van der Waals surface area contributed by atoms with Gasteiger partial charge in [0.2, 0.25) is 11.8 Å². The van der Waals surface area contributed by atoms with Crippen LogP contribution in [0.4, 0.5) is 5.69 Å². The minimum atomic E-state index is -0.0565. The summed E-state index contributed by atoms with van der Waals surface area (Å²) in [6.07, 6.45) is 1.04. The predicted octanol–water partition coefficient (Wildman–Crippen LogP) is 1.30. The van der Waals surface area contributed by atoms with Crippen molar-refractivity contribution < 1.29 is 14.4 Å². The number of hydrogen-bond donors (Lipinski definition) is 1. The summed E-state index contributed by atoms with van der Waals surface area (Å²) in [7, 11) is 1.73. The van der Waals surface area contributed by atoms with E-state index in [1.165, 1.54) is 0 Å². The number of fused-ring (bicyclic) bond motifs is 1. The van der Waals surface area contributed by atoms with Crippen LogP contribution in [0.3, 0.4) is 0 Å². The van der Waals surface area contributed by atoms with Crippen LogP contribution in [-0.4, -0.2) is 31.2 Å². The summed E-state index contributed by atoms with van der Waals surface area (Å²) in [4.78, 5) is 36.3. The fraction of sp³-hybridized carbons (Fsp3) is 0.400. The molecule has 0 saturated heterocycles. The van der Waals surface area contributed by atoms with Gasteiger partial charge in [-0.2, -0.15) is 0 Å². The molecule has 106 valence electrons. The third-order valence-corrected chi connectivity index (χ3v) is 3.47. The highest BCUT2D eigenvalue weighted by molar-refractivity contribution is 6.03. The molecule has 0 atom stereocenters. The highest BCUT2D eigenvalue weighted by Gasteiger charge is 2.24. The second kappa shape index (κ2) is 5.86. The van der Waals surface area contributed by atoms with E-state index in [-0.39, 0.29) is 24.0 Å². The Hall–Kier alpha value is -2.17. The van der Waals surface area contributed by atoms with Crippen molar-refractivity contribution in [2.24, 2.45) is 0 Å². The Morgan fingerprint density at radius 3 is 2.80 bits per heavy atom. The molecule has 1 aromatic rings. The van der Waals surface area contributed by atoms with E-state index in [2.05, 4.69) is 5.32 Å². The number of rotatable bonds is 5. The minimum absolute atomic E-state index is 0.0220. The predicted molar refractivity (Wildman–Crippen MR) is 75.8 cm³/mol. The average molecular weight is 274 g/mol. The Kier molecular flexibility index (Phi) is 4.17. The molecule has 20 heavy (non-hydrogen) atoms. The number of carbonyl (C=O) groups excluding carboxylic acids is 3. The second-order valence-electron chi connectivity index (χ2n) is 4.85. The van der Waals surface area contributed by atoms with Gasteiger partial charge in [0.15, 0.2) is 5.78 Å². The number of anilines is 1. The molecule has 5 heteroatoms. The zero-order valence-corrected chi connectivity index (χ0v) is 11.7. The summed E-state index contributed by atoms with van der Waals surface area (Å²) in [6.45, 7) is 2.12. The number of likely N-dealkylation sites (N-methyl/N-ethyl adjacent to an activating group) is 1. The summed E-state index contributed by atoms with van der Waals surface area (Å²) < 4.78 is 0. The van der Waals surface area contributed by atoms with Crippen LogP contribution in [0.25, 0.3) is 0 Å². The average Bonchev–Trinajstić information content (AvgIpc) is 2.73. The largest absolute Gasteiger partial charge is 0.356 e. The summed E-state index contributed by atoms with van der Waals surface area (Å²) in [5.41, 5.74) is 2.35. The van der Waals surface area contributed by atoms with Gasteiger partial charge in [-0.3, -0.25) is 14.4 Å². The third kappa shape index (κ3) is 2.87. The molecule has 0 aromatic heterocycles. The molecule has 5 nitrogen and oxygen atoms in total. The summed E-state index contributed by atoms with van der Waals surface area (Å²) in [5.74, 6) is -0.0370. The van der Waals surface area contributed by atoms with Gasteiger partial charge in [-0.05, 0) is 23.8 Å². The molecular weight excluding hydrogens is 256 g/mol. The van der Waals surface area contributed by atoms with E-state index in [1.54, 1.807) is 37.1 Å². The molecule has 1 N–H and O–H groups in total. The van der Waals surface area contributed by atoms with Crippen LogP contribution in [0.2, 0.25) is 0 Å². The molecule has 0 radical (unpaired) electrons. The number of Topliss-reactive ketones (excluding diaryl/α,β-unsaturated/α-hetero) is 1. The van der Waals surface area contributed by atoms with E-state index in [0.29, 0.717) is 24.9 Å². The second-order valence-corrected chi connectivity index (χ2v) is 4.85. The van der Waals surface area contributed by atoms with Crippen LogP contribution in [0.5, 0.6) is 0 Å². The summed E-state index contributed by atoms with van der Waals surface area (Å²) >= 11 is 0. The first kappa shape index (κ1) is 14.2. The molecule has 1 aliphatic heterocycles. The van der Waals surface area contributed by atoms with Crippen LogP contribution in [0, 0.1) is 0 Å². The number of carbonyl (C=O) groups is 3. The Morgan fingerprint density at radius 2 is 2.10 bits per heavy atom. The first-order chi connectivity index (χ1) is 9.52. The smallest absolute Gasteiger partial charge is 0.231 e. The first-order valence-corrected chi connectivity index (χ1v) is 6.72. The molecule has 0 fully saturated rings. The normalized spacial score (nSPS) is 13.3. The summed E-state index contributed by atoms with van der Waals surface area (Å²) in [5, 5.41) is 2.68. The zero-order chi connectivity index (χ0) is 14.7. The molecule has 1 aliphatic rings. The lowest BCUT2D eigenvalue weighted by Gasteiger charge is -2.10. The van der Waals surface area contributed by atoms with Crippen LogP contribution in [-0.2, 0) is 16.0 Å². The molecule has 0 unspecified atom stereocenters. The van der Waals surface area contributed by atoms with Crippen LogP contribution < -0.4 is 10.2 Å². The minimum Gasteiger partial charge on any atom is -0.356 e.